The second kappa shape index (κ2) is 4.71. The Labute approximate surface area is 106 Å². The van der Waals surface area contributed by atoms with Crippen molar-refractivity contribution < 1.29 is 13.5 Å². The van der Waals surface area contributed by atoms with Crippen LogP contribution in [0.2, 0.25) is 4.34 Å². The summed E-state index contributed by atoms with van der Waals surface area (Å²) in [5.41, 5.74) is 0. The number of halogens is 2. The van der Waals surface area contributed by atoms with Crippen LogP contribution in [-0.4, -0.2) is 25.0 Å². The molecule has 0 aromatic carbocycles. The monoisotopic (exact) mass is 332 g/mol. The first-order chi connectivity index (χ1) is 6.73. The number of thiophene rings is 1. The van der Waals surface area contributed by atoms with Crippen molar-refractivity contribution in [3.05, 3.63) is 19.8 Å². The Morgan fingerprint density at radius 3 is 2.47 bits per heavy atom. The van der Waals surface area contributed by atoms with E-state index in [1.165, 1.54) is 18.3 Å². The van der Waals surface area contributed by atoms with Crippen molar-refractivity contribution in [2.24, 2.45) is 0 Å². The van der Waals surface area contributed by atoms with Gasteiger partial charge in [-0.25, -0.2) is 8.42 Å². The molecule has 1 N–H and O–H groups in total. The van der Waals surface area contributed by atoms with Gasteiger partial charge in [0.15, 0.2) is 9.84 Å². The van der Waals surface area contributed by atoms with E-state index < -0.39 is 21.2 Å². The third kappa shape index (κ3) is 3.17. The summed E-state index contributed by atoms with van der Waals surface area (Å²) in [4.78, 5) is 0.546. The van der Waals surface area contributed by atoms with Crippen LogP contribution in [-0.2, 0) is 9.84 Å². The molecule has 0 saturated carbocycles. The van der Waals surface area contributed by atoms with Gasteiger partial charge in [0, 0.05) is 15.6 Å². The molecule has 86 valence electrons. The molecule has 2 atom stereocenters. The van der Waals surface area contributed by atoms with Crippen molar-refractivity contribution in [2.75, 3.05) is 6.26 Å². The molecule has 0 radical (unpaired) electrons. The second-order valence-electron chi connectivity index (χ2n) is 3.25. The molecule has 0 fully saturated rings. The minimum atomic E-state index is -3.26. The summed E-state index contributed by atoms with van der Waals surface area (Å²) in [5.74, 6) is 0. The van der Waals surface area contributed by atoms with E-state index in [0.717, 1.165) is 6.26 Å². The smallest absolute Gasteiger partial charge is 0.152 e. The van der Waals surface area contributed by atoms with E-state index in [2.05, 4.69) is 15.9 Å². The van der Waals surface area contributed by atoms with Gasteiger partial charge < -0.3 is 5.11 Å². The highest BCUT2D eigenvalue weighted by Crippen LogP contribution is 2.37. The van der Waals surface area contributed by atoms with E-state index in [-0.39, 0.29) is 0 Å². The van der Waals surface area contributed by atoms with Crippen molar-refractivity contribution in [3.63, 3.8) is 0 Å². The first-order valence-electron chi connectivity index (χ1n) is 4.05. The summed E-state index contributed by atoms with van der Waals surface area (Å²) in [6.07, 6.45) is 0.0688. The van der Waals surface area contributed by atoms with Gasteiger partial charge in [-0.2, -0.15) is 0 Å². The number of aliphatic hydroxyl groups excluding tert-OH is 1. The molecular weight excluding hydrogens is 324 g/mol. The Balaban J connectivity index is 3.00. The van der Waals surface area contributed by atoms with Crippen LogP contribution in [0.1, 0.15) is 17.9 Å². The normalized spacial score (nSPS) is 16.3. The lowest BCUT2D eigenvalue weighted by atomic mass is 10.2. The first-order valence-corrected chi connectivity index (χ1v) is 7.99. The summed E-state index contributed by atoms with van der Waals surface area (Å²) >= 11 is 10.2. The Bertz CT molecular complexity index is 435. The highest BCUT2D eigenvalue weighted by atomic mass is 79.9. The fraction of sp³-hybridized carbons (Fsp3) is 0.500. The Morgan fingerprint density at radius 1 is 1.60 bits per heavy atom. The molecule has 7 heteroatoms. The van der Waals surface area contributed by atoms with E-state index in [4.69, 9.17) is 11.6 Å². The van der Waals surface area contributed by atoms with Gasteiger partial charge in [-0.1, -0.05) is 11.6 Å². The molecule has 1 rings (SSSR count). The quantitative estimate of drug-likeness (QED) is 0.925. The van der Waals surface area contributed by atoms with Crippen LogP contribution in [0.4, 0.5) is 0 Å². The Morgan fingerprint density at radius 2 is 2.13 bits per heavy atom. The second-order valence-corrected chi connectivity index (χ2v) is 8.19. The predicted octanol–water partition coefficient (Wildman–Crippen LogP) is 2.63. The number of sulfone groups is 1. The summed E-state index contributed by atoms with van der Waals surface area (Å²) in [6, 6.07) is 1.64. The Kier molecular flexibility index (Phi) is 4.22. The van der Waals surface area contributed by atoms with Crippen molar-refractivity contribution in [1.29, 1.82) is 0 Å². The number of hydrogen-bond donors (Lipinski definition) is 1. The van der Waals surface area contributed by atoms with Crippen LogP contribution in [0.5, 0.6) is 0 Å². The van der Waals surface area contributed by atoms with Crippen LogP contribution in [0.25, 0.3) is 0 Å². The summed E-state index contributed by atoms with van der Waals surface area (Å²) in [5, 5.41) is 8.98. The molecule has 2 unspecified atom stereocenters. The fourth-order valence-corrected chi connectivity index (χ4v) is 3.50. The average Bonchev–Trinajstić information content (AvgIpc) is 2.43. The molecule has 0 aliphatic rings. The van der Waals surface area contributed by atoms with Gasteiger partial charge >= 0.3 is 0 Å². The van der Waals surface area contributed by atoms with E-state index in [9.17, 15) is 13.5 Å². The Hall–Kier alpha value is 0.380. The maximum atomic E-state index is 11.2. The van der Waals surface area contributed by atoms with Crippen molar-refractivity contribution >= 4 is 48.7 Å². The molecule has 0 saturated heterocycles. The SMILES string of the molecule is CC(C(O)c1cc(Br)c(Cl)s1)S(C)(=O)=O. The van der Waals surface area contributed by atoms with E-state index in [1.54, 1.807) is 6.07 Å². The molecule has 1 heterocycles. The molecule has 1 aromatic rings. The molecule has 1 aromatic heterocycles. The standard InChI is InChI=1S/C8H10BrClO3S2/c1-4(15(2,12)13)7(11)6-3-5(9)8(10)14-6/h3-4,7,11H,1-2H3. The third-order valence-electron chi connectivity index (χ3n) is 2.08. The number of rotatable bonds is 3. The zero-order valence-electron chi connectivity index (χ0n) is 8.07. The van der Waals surface area contributed by atoms with Gasteiger partial charge in [-0.15, -0.1) is 11.3 Å². The number of hydrogen-bond acceptors (Lipinski definition) is 4. The molecule has 0 aliphatic carbocycles. The van der Waals surface area contributed by atoms with Crippen LogP contribution < -0.4 is 0 Å². The first kappa shape index (κ1) is 13.4. The zero-order chi connectivity index (χ0) is 11.8. The molecule has 0 spiro atoms. The van der Waals surface area contributed by atoms with Crippen molar-refractivity contribution in [3.8, 4) is 0 Å². The van der Waals surface area contributed by atoms with Crippen LogP contribution in [0.15, 0.2) is 10.5 Å². The number of aliphatic hydroxyl groups is 1. The fourth-order valence-electron chi connectivity index (χ4n) is 0.975. The summed E-state index contributed by atoms with van der Waals surface area (Å²) < 4.78 is 23.7. The zero-order valence-corrected chi connectivity index (χ0v) is 12.0. The lowest BCUT2D eigenvalue weighted by Gasteiger charge is -2.15. The summed E-state index contributed by atoms with van der Waals surface area (Å²) in [7, 11) is -3.26. The minimum absolute atomic E-state index is 0.504. The third-order valence-corrected chi connectivity index (χ3v) is 6.23. The lowest BCUT2D eigenvalue weighted by molar-refractivity contribution is 0.180. The molecule has 3 nitrogen and oxygen atoms in total. The van der Waals surface area contributed by atoms with E-state index >= 15 is 0 Å². The van der Waals surface area contributed by atoms with Crippen LogP contribution >= 0.6 is 38.9 Å². The maximum absolute atomic E-state index is 11.2. The molecule has 0 amide bonds. The van der Waals surface area contributed by atoms with Gasteiger partial charge in [0.25, 0.3) is 0 Å². The minimum Gasteiger partial charge on any atom is -0.386 e. The topological polar surface area (TPSA) is 54.4 Å². The molecular formula is C8H10BrClO3S2. The van der Waals surface area contributed by atoms with Gasteiger partial charge in [0.1, 0.15) is 10.4 Å². The lowest BCUT2D eigenvalue weighted by Crippen LogP contribution is -2.23. The highest BCUT2D eigenvalue weighted by Gasteiger charge is 2.27. The van der Waals surface area contributed by atoms with Gasteiger partial charge in [0.05, 0.1) is 5.25 Å². The van der Waals surface area contributed by atoms with Gasteiger partial charge in [-0.3, -0.25) is 0 Å². The highest BCUT2D eigenvalue weighted by molar-refractivity contribution is 9.10. The van der Waals surface area contributed by atoms with E-state index in [1.807, 2.05) is 0 Å². The van der Waals surface area contributed by atoms with Gasteiger partial charge in [-0.05, 0) is 28.9 Å². The van der Waals surface area contributed by atoms with Crippen molar-refractivity contribution in [2.45, 2.75) is 18.3 Å². The predicted molar refractivity (Wildman–Crippen MR) is 66.3 cm³/mol. The van der Waals surface area contributed by atoms with Crippen LogP contribution in [0.3, 0.4) is 0 Å². The van der Waals surface area contributed by atoms with Crippen molar-refractivity contribution in [1.82, 2.24) is 0 Å². The molecule has 15 heavy (non-hydrogen) atoms. The van der Waals surface area contributed by atoms with Crippen LogP contribution in [0, 0.1) is 0 Å². The van der Waals surface area contributed by atoms with Gasteiger partial charge in [0.2, 0.25) is 0 Å². The average molecular weight is 334 g/mol. The maximum Gasteiger partial charge on any atom is 0.152 e. The molecule has 0 bridgehead atoms. The molecule has 0 aliphatic heterocycles. The summed E-state index contributed by atoms with van der Waals surface area (Å²) in [6.45, 7) is 1.47. The van der Waals surface area contributed by atoms with E-state index in [0.29, 0.717) is 13.7 Å². The largest absolute Gasteiger partial charge is 0.386 e.